The SMILES string of the molecule is CCSCCCCNC(C)C. The fourth-order valence-corrected chi connectivity index (χ4v) is 1.56. The maximum Gasteiger partial charge on any atom is 0.00103 e. The molecule has 0 heterocycles. The first kappa shape index (κ1) is 11.3. The molecule has 0 saturated heterocycles. The van der Waals surface area contributed by atoms with Gasteiger partial charge in [-0.25, -0.2) is 0 Å². The zero-order valence-electron chi connectivity index (χ0n) is 8.02. The molecule has 0 bridgehead atoms. The van der Waals surface area contributed by atoms with Crippen molar-refractivity contribution < 1.29 is 0 Å². The van der Waals surface area contributed by atoms with Crippen molar-refractivity contribution in [3.05, 3.63) is 0 Å². The third-order valence-electron chi connectivity index (χ3n) is 1.47. The summed E-state index contributed by atoms with van der Waals surface area (Å²) in [5.74, 6) is 2.59. The Morgan fingerprint density at radius 3 is 2.55 bits per heavy atom. The summed E-state index contributed by atoms with van der Waals surface area (Å²) in [5.41, 5.74) is 0. The maximum atomic E-state index is 3.41. The fourth-order valence-electron chi connectivity index (χ4n) is 0.864. The van der Waals surface area contributed by atoms with Crippen molar-refractivity contribution in [2.24, 2.45) is 0 Å². The average molecular weight is 175 g/mol. The van der Waals surface area contributed by atoms with Crippen molar-refractivity contribution in [1.82, 2.24) is 5.32 Å². The minimum atomic E-state index is 0.647. The van der Waals surface area contributed by atoms with E-state index >= 15 is 0 Å². The predicted molar refractivity (Wildman–Crippen MR) is 55.4 cm³/mol. The Morgan fingerprint density at radius 1 is 1.27 bits per heavy atom. The molecule has 2 heteroatoms. The summed E-state index contributed by atoms with van der Waals surface area (Å²) >= 11 is 2.04. The molecule has 0 aromatic carbocycles. The van der Waals surface area contributed by atoms with Crippen LogP contribution in [-0.4, -0.2) is 24.1 Å². The lowest BCUT2D eigenvalue weighted by Gasteiger charge is -2.06. The van der Waals surface area contributed by atoms with E-state index in [1.165, 1.54) is 30.9 Å². The lowest BCUT2D eigenvalue weighted by molar-refractivity contribution is 0.567. The van der Waals surface area contributed by atoms with Crippen LogP contribution in [0.1, 0.15) is 33.6 Å². The molecule has 68 valence electrons. The van der Waals surface area contributed by atoms with Gasteiger partial charge in [-0.1, -0.05) is 20.8 Å². The standard InChI is InChI=1S/C9H21NS/c1-4-11-8-6-5-7-10-9(2)3/h9-10H,4-8H2,1-3H3. The molecule has 0 aliphatic carbocycles. The lowest BCUT2D eigenvalue weighted by Crippen LogP contribution is -2.23. The molecule has 0 atom stereocenters. The van der Waals surface area contributed by atoms with E-state index in [0.717, 1.165) is 0 Å². The topological polar surface area (TPSA) is 12.0 Å². The van der Waals surface area contributed by atoms with Crippen LogP contribution < -0.4 is 5.32 Å². The van der Waals surface area contributed by atoms with Crippen molar-refractivity contribution in [3.8, 4) is 0 Å². The third kappa shape index (κ3) is 10.3. The molecule has 0 aliphatic heterocycles. The molecule has 0 aliphatic rings. The minimum Gasteiger partial charge on any atom is -0.315 e. The molecule has 0 spiro atoms. The Bertz CT molecular complexity index is 74.0. The lowest BCUT2D eigenvalue weighted by atomic mass is 10.3. The highest BCUT2D eigenvalue weighted by Gasteiger charge is 1.91. The Balaban J connectivity index is 2.80. The number of hydrogen-bond acceptors (Lipinski definition) is 2. The molecule has 0 unspecified atom stereocenters. The monoisotopic (exact) mass is 175 g/mol. The van der Waals surface area contributed by atoms with Crippen LogP contribution in [0.25, 0.3) is 0 Å². The van der Waals surface area contributed by atoms with Crippen molar-refractivity contribution in [3.63, 3.8) is 0 Å². The number of unbranched alkanes of at least 4 members (excludes halogenated alkanes) is 1. The first-order valence-electron chi connectivity index (χ1n) is 4.58. The second-order valence-corrected chi connectivity index (χ2v) is 4.41. The molecule has 0 radical (unpaired) electrons. The summed E-state index contributed by atoms with van der Waals surface area (Å²) in [6.45, 7) is 7.79. The van der Waals surface area contributed by atoms with E-state index in [4.69, 9.17) is 0 Å². The van der Waals surface area contributed by atoms with Gasteiger partial charge in [0.05, 0.1) is 0 Å². The molecule has 0 amide bonds. The Kier molecular flexibility index (Phi) is 8.64. The molecule has 0 rings (SSSR count). The van der Waals surface area contributed by atoms with Crippen molar-refractivity contribution >= 4 is 11.8 Å². The predicted octanol–water partition coefficient (Wildman–Crippen LogP) is 2.52. The summed E-state index contributed by atoms with van der Waals surface area (Å²) < 4.78 is 0. The van der Waals surface area contributed by atoms with Crippen LogP contribution >= 0.6 is 11.8 Å². The molecule has 0 saturated carbocycles. The Labute approximate surface area is 75.3 Å². The van der Waals surface area contributed by atoms with E-state index in [1.807, 2.05) is 11.8 Å². The fraction of sp³-hybridized carbons (Fsp3) is 1.00. The van der Waals surface area contributed by atoms with E-state index in [-0.39, 0.29) is 0 Å². The number of hydrogen-bond donors (Lipinski definition) is 1. The highest BCUT2D eigenvalue weighted by molar-refractivity contribution is 7.99. The molecule has 11 heavy (non-hydrogen) atoms. The summed E-state index contributed by atoms with van der Waals surface area (Å²) in [4.78, 5) is 0. The van der Waals surface area contributed by atoms with Crippen LogP contribution in [0.4, 0.5) is 0 Å². The second-order valence-electron chi connectivity index (χ2n) is 3.01. The number of thioether (sulfide) groups is 1. The van der Waals surface area contributed by atoms with E-state index in [2.05, 4.69) is 26.1 Å². The van der Waals surface area contributed by atoms with E-state index in [1.54, 1.807) is 0 Å². The first-order chi connectivity index (χ1) is 5.27. The first-order valence-corrected chi connectivity index (χ1v) is 5.74. The summed E-state index contributed by atoms with van der Waals surface area (Å²) in [6.07, 6.45) is 2.68. The second kappa shape index (κ2) is 8.41. The summed E-state index contributed by atoms with van der Waals surface area (Å²) in [7, 11) is 0. The van der Waals surface area contributed by atoms with Crippen molar-refractivity contribution in [1.29, 1.82) is 0 Å². The molecule has 0 fully saturated rings. The molecular formula is C9H21NS. The van der Waals surface area contributed by atoms with Gasteiger partial charge >= 0.3 is 0 Å². The highest BCUT2D eigenvalue weighted by Crippen LogP contribution is 2.02. The molecule has 0 aromatic heterocycles. The smallest absolute Gasteiger partial charge is 0.00103 e. The number of rotatable bonds is 7. The van der Waals surface area contributed by atoms with E-state index in [0.29, 0.717) is 6.04 Å². The van der Waals surface area contributed by atoms with Crippen LogP contribution in [-0.2, 0) is 0 Å². The van der Waals surface area contributed by atoms with Crippen LogP contribution in [0.5, 0.6) is 0 Å². The summed E-state index contributed by atoms with van der Waals surface area (Å²) in [6, 6.07) is 0.647. The van der Waals surface area contributed by atoms with Crippen LogP contribution in [0.15, 0.2) is 0 Å². The van der Waals surface area contributed by atoms with Gasteiger partial charge in [0.15, 0.2) is 0 Å². The van der Waals surface area contributed by atoms with Crippen LogP contribution in [0, 0.1) is 0 Å². The normalized spacial score (nSPS) is 10.9. The Hall–Kier alpha value is 0.310. The molecule has 1 N–H and O–H groups in total. The van der Waals surface area contributed by atoms with Crippen molar-refractivity contribution in [2.45, 2.75) is 39.7 Å². The minimum absolute atomic E-state index is 0.647. The zero-order chi connectivity index (χ0) is 8.53. The van der Waals surface area contributed by atoms with Gasteiger partial charge in [0.25, 0.3) is 0 Å². The van der Waals surface area contributed by atoms with Gasteiger partial charge < -0.3 is 5.32 Å². The Morgan fingerprint density at radius 2 is 2.00 bits per heavy atom. The van der Waals surface area contributed by atoms with Crippen LogP contribution in [0.2, 0.25) is 0 Å². The van der Waals surface area contributed by atoms with Gasteiger partial charge in [-0.3, -0.25) is 0 Å². The van der Waals surface area contributed by atoms with Gasteiger partial charge in [-0.05, 0) is 30.9 Å². The van der Waals surface area contributed by atoms with E-state index in [9.17, 15) is 0 Å². The van der Waals surface area contributed by atoms with Gasteiger partial charge in [-0.2, -0.15) is 11.8 Å². The molecule has 0 aromatic rings. The van der Waals surface area contributed by atoms with Gasteiger partial charge in [0.2, 0.25) is 0 Å². The van der Waals surface area contributed by atoms with Gasteiger partial charge in [-0.15, -0.1) is 0 Å². The van der Waals surface area contributed by atoms with Crippen LogP contribution in [0.3, 0.4) is 0 Å². The van der Waals surface area contributed by atoms with Gasteiger partial charge in [0, 0.05) is 6.04 Å². The highest BCUT2D eigenvalue weighted by atomic mass is 32.2. The summed E-state index contributed by atoms with van der Waals surface area (Å²) in [5, 5.41) is 3.41. The van der Waals surface area contributed by atoms with E-state index < -0.39 is 0 Å². The zero-order valence-corrected chi connectivity index (χ0v) is 8.84. The quantitative estimate of drug-likeness (QED) is 0.597. The molecule has 1 nitrogen and oxygen atoms in total. The largest absolute Gasteiger partial charge is 0.315 e. The maximum absolute atomic E-state index is 3.41. The van der Waals surface area contributed by atoms with Crippen molar-refractivity contribution in [2.75, 3.05) is 18.1 Å². The third-order valence-corrected chi connectivity index (χ3v) is 2.46. The van der Waals surface area contributed by atoms with Gasteiger partial charge in [0.1, 0.15) is 0 Å². The number of nitrogens with one attached hydrogen (secondary N) is 1. The molecular weight excluding hydrogens is 154 g/mol. The average Bonchev–Trinajstić information content (AvgIpc) is 1.96.